The van der Waals surface area contributed by atoms with E-state index in [4.69, 9.17) is 5.73 Å². The van der Waals surface area contributed by atoms with Gasteiger partial charge in [0.1, 0.15) is 6.61 Å². The molecule has 14 heavy (non-hydrogen) atoms. The van der Waals surface area contributed by atoms with Crippen molar-refractivity contribution in [3.8, 4) is 0 Å². The fourth-order valence-electron chi connectivity index (χ4n) is 0.940. The predicted molar refractivity (Wildman–Crippen MR) is 53.1 cm³/mol. The van der Waals surface area contributed by atoms with Crippen LogP contribution in [0.4, 0.5) is 5.69 Å². The van der Waals surface area contributed by atoms with Crippen LogP contribution in [0.3, 0.4) is 0 Å². The van der Waals surface area contributed by atoms with Crippen LogP contribution in [0.15, 0.2) is 24.3 Å². The molecular formula is C10H13N2O2. The van der Waals surface area contributed by atoms with E-state index in [2.05, 4.69) is 5.32 Å². The summed E-state index contributed by atoms with van der Waals surface area (Å²) in [7, 11) is 0. The number of carbonyl (C=O) groups is 1. The quantitative estimate of drug-likeness (QED) is 0.748. The van der Waals surface area contributed by atoms with Gasteiger partial charge in [0, 0.05) is 5.69 Å². The molecule has 4 nitrogen and oxygen atoms in total. The molecule has 75 valence electrons. The van der Waals surface area contributed by atoms with Gasteiger partial charge in [0.05, 0.1) is 6.04 Å². The van der Waals surface area contributed by atoms with Crippen molar-refractivity contribution in [3.05, 3.63) is 29.8 Å². The van der Waals surface area contributed by atoms with E-state index >= 15 is 0 Å². The van der Waals surface area contributed by atoms with E-state index in [1.54, 1.807) is 31.2 Å². The molecule has 1 aromatic carbocycles. The zero-order chi connectivity index (χ0) is 10.6. The number of amides is 1. The Morgan fingerprint density at radius 3 is 2.43 bits per heavy atom. The smallest absolute Gasteiger partial charge is 0.240 e. The Morgan fingerprint density at radius 2 is 2.00 bits per heavy atom. The minimum Gasteiger partial charge on any atom is -0.325 e. The van der Waals surface area contributed by atoms with E-state index in [1.165, 1.54) is 0 Å². The van der Waals surface area contributed by atoms with Gasteiger partial charge in [-0.3, -0.25) is 4.79 Å². The Labute approximate surface area is 82.7 Å². The Kier molecular flexibility index (Phi) is 3.62. The van der Waals surface area contributed by atoms with Crippen LogP contribution in [0.1, 0.15) is 12.5 Å². The molecule has 0 unspecified atom stereocenters. The zero-order valence-corrected chi connectivity index (χ0v) is 7.99. The van der Waals surface area contributed by atoms with Gasteiger partial charge < -0.3 is 11.1 Å². The maximum atomic E-state index is 11.2. The van der Waals surface area contributed by atoms with Crippen molar-refractivity contribution >= 4 is 11.6 Å². The van der Waals surface area contributed by atoms with Crippen LogP contribution < -0.4 is 11.1 Å². The molecule has 1 aromatic rings. The lowest BCUT2D eigenvalue weighted by molar-refractivity contribution is -0.117. The molecular weight excluding hydrogens is 180 g/mol. The first-order valence-electron chi connectivity index (χ1n) is 4.37. The van der Waals surface area contributed by atoms with Crippen molar-refractivity contribution in [2.75, 3.05) is 5.32 Å². The van der Waals surface area contributed by atoms with Gasteiger partial charge in [-0.2, -0.15) is 0 Å². The zero-order valence-electron chi connectivity index (χ0n) is 7.99. The highest BCUT2D eigenvalue weighted by molar-refractivity contribution is 5.94. The third-order valence-electron chi connectivity index (χ3n) is 1.80. The van der Waals surface area contributed by atoms with Gasteiger partial charge in [-0.25, -0.2) is 5.11 Å². The molecule has 1 radical (unpaired) electrons. The van der Waals surface area contributed by atoms with Crippen molar-refractivity contribution in [2.45, 2.75) is 19.6 Å². The van der Waals surface area contributed by atoms with E-state index in [9.17, 15) is 9.90 Å². The molecule has 0 aliphatic carbocycles. The van der Waals surface area contributed by atoms with E-state index < -0.39 is 6.04 Å². The lowest BCUT2D eigenvalue weighted by Gasteiger charge is -2.07. The Balaban J connectivity index is 2.64. The van der Waals surface area contributed by atoms with Gasteiger partial charge in [0.25, 0.3) is 0 Å². The van der Waals surface area contributed by atoms with Crippen molar-refractivity contribution in [1.29, 1.82) is 0 Å². The molecule has 0 saturated carbocycles. The number of nitrogens with one attached hydrogen (secondary N) is 1. The van der Waals surface area contributed by atoms with E-state index in [0.717, 1.165) is 0 Å². The molecule has 0 aromatic heterocycles. The van der Waals surface area contributed by atoms with Crippen molar-refractivity contribution in [2.24, 2.45) is 5.73 Å². The second-order valence-corrected chi connectivity index (χ2v) is 3.12. The van der Waals surface area contributed by atoms with Crippen LogP contribution in [-0.2, 0) is 16.5 Å². The first kappa shape index (κ1) is 10.7. The summed E-state index contributed by atoms with van der Waals surface area (Å²) in [6.07, 6.45) is 0. The molecule has 0 aliphatic heterocycles. The van der Waals surface area contributed by atoms with Gasteiger partial charge in [0.15, 0.2) is 0 Å². The highest BCUT2D eigenvalue weighted by atomic mass is 16.3. The van der Waals surface area contributed by atoms with Crippen LogP contribution >= 0.6 is 0 Å². The molecule has 1 atom stereocenters. The SMILES string of the molecule is C[C@H](N)C(=O)Nc1ccc(C[O])cc1. The molecule has 0 fully saturated rings. The Bertz CT molecular complexity index is 306. The summed E-state index contributed by atoms with van der Waals surface area (Å²) in [6.45, 7) is 1.36. The summed E-state index contributed by atoms with van der Waals surface area (Å²) in [6, 6.07) is 6.21. The summed E-state index contributed by atoms with van der Waals surface area (Å²) in [5, 5.41) is 13.1. The second-order valence-electron chi connectivity index (χ2n) is 3.12. The first-order valence-corrected chi connectivity index (χ1v) is 4.37. The third-order valence-corrected chi connectivity index (χ3v) is 1.80. The maximum Gasteiger partial charge on any atom is 0.240 e. The highest BCUT2D eigenvalue weighted by Crippen LogP contribution is 2.09. The van der Waals surface area contributed by atoms with Crippen LogP contribution in [0.2, 0.25) is 0 Å². The summed E-state index contributed by atoms with van der Waals surface area (Å²) >= 11 is 0. The average molecular weight is 193 g/mol. The van der Waals surface area contributed by atoms with Gasteiger partial charge in [-0.1, -0.05) is 12.1 Å². The minimum atomic E-state index is -0.533. The van der Waals surface area contributed by atoms with Crippen LogP contribution in [0.25, 0.3) is 0 Å². The average Bonchev–Trinajstić information content (AvgIpc) is 2.19. The molecule has 1 amide bonds. The topological polar surface area (TPSA) is 75.0 Å². The number of benzene rings is 1. The number of hydrogen-bond donors (Lipinski definition) is 2. The fraction of sp³-hybridized carbons (Fsp3) is 0.300. The molecule has 0 saturated heterocycles. The predicted octanol–water partition coefficient (Wildman–Crippen LogP) is 0.903. The van der Waals surface area contributed by atoms with Crippen LogP contribution in [-0.4, -0.2) is 11.9 Å². The number of hydrogen-bond acceptors (Lipinski definition) is 2. The second kappa shape index (κ2) is 4.74. The fourth-order valence-corrected chi connectivity index (χ4v) is 0.940. The van der Waals surface area contributed by atoms with Crippen molar-refractivity contribution in [1.82, 2.24) is 0 Å². The molecule has 0 bridgehead atoms. The lowest BCUT2D eigenvalue weighted by atomic mass is 10.2. The summed E-state index contributed by atoms with van der Waals surface area (Å²) in [4.78, 5) is 11.2. The van der Waals surface area contributed by atoms with Gasteiger partial charge >= 0.3 is 0 Å². The monoisotopic (exact) mass is 193 g/mol. The number of nitrogens with two attached hydrogens (primary N) is 1. The lowest BCUT2D eigenvalue weighted by Crippen LogP contribution is -2.32. The summed E-state index contributed by atoms with van der Waals surface area (Å²) in [5.41, 5.74) is 6.73. The number of carbonyl (C=O) groups excluding carboxylic acids is 1. The summed E-state index contributed by atoms with van der Waals surface area (Å²) < 4.78 is 0. The minimum absolute atomic E-state index is 0.236. The first-order chi connectivity index (χ1) is 6.63. The highest BCUT2D eigenvalue weighted by Gasteiger charge is 2.06. The Morgan fingerprint density at radius 1 is 1.43 bits per heavy atom. The number of anilines is 1. The van der Waals surface area contributed by atoms with Crippen molar-refractivity contribution in [3.63, 3.8) is 0 Å². The van der Waals surface area contributed by atoms with Crippen LogP contribution in [0.5, 0.6) is 0 Å². The van der Waals surface area contributed by atoms with Crippen molar-refractivity contribution < 1.29 is 9.90 Å². The molecule has 1 rings (SSSR count). The molecule has 0 spiro atoms. The van der Waals surface area contributed by atoms with Gasteiger partial charge in [0.2, 0.25) is 5.91 Å². The van der Waals surface area contributed by atoms with Gasteiger partial charge in [-0.15, -0.1) is 0 Å². The number of rotatable bonds is 3. The molecule has 0 heterocycles. The van der Waals surface area contributed by atoms with Crippen LogP contribution in [0, 0.1) is 0 Å². The van der Waals surface area contributed by atoms with E-state index in [-0.39, 0.29) is 12.5 Å². The normalized spacial score (nSPS) is 12.2. The largest absolute Gasteiger partial charge is 0.325 e. The molecule has 3 N–H and O–H groups in total. The van der Waals surface area contributed by atoms with E-state index in [0.29, 0.717) is 11.3 Å². The van der Waals surface area contributed by atoms with E-state index in [1.807, 2.05) is 0 Å². The maximum absolute atomic E-state index is 11.2. The molecule has 0 aliphatic rings. The van der Waals surface area contributed by atoms with Gasteiger partial charge in [-0.05, 0) is 24.6 Å². The molecule has 4 heteroatoms. The Hall–Kier alpha value is -1.39. The standard InChI is InChI=1S/C10H13N2O2/c1-7(11)10(14)12-9-4-2-8(6-13)3-5-9/h2-5,7H,6,11H2,1H3,(H,12,14)/t7-/m0/s1. The third kappa shape index (κ3) is 2.83. The summed E-state index contributed by atoms with van der Waals surface area (Å²) in [5.74, 6) is -0.236.